The molecule has 82 valence electrons. The molecule has 0 saturated heterocycles. The summed E-state index contributed by atoms with van der Waals surface area (Å²) in [7, 11) is -4.05. The minimum absolute atomic E-state index is 0.00287. The third kappa shape index (κ3) is 2.40. The van der Waals surface area contributed by atoms with Crippen LogP contribution >= 0.6 is 0 Å². The molecule has 1 aromatic rings. The number of nitrogen functional groups attached to an aromatic ring is 1. The Bertz CT molecular complexity index is 498. The van der Waals surface area contributed by atoms with Crippen molar-refractivity contribution in [3.8, 4) is 0 Å². The van der Waals surface area contributed by atoms with Gasteiger partial charge in [0.15, 0.2) is 0 Å². The zero-order valence-electron chi connectivity index (χ0n) is 7.38. The molecule has 0 amide bonds. The second-order valence-electron chi connectivity index (χ2n) is 2.63. The van der Waals surface area contributed by atoms with Gasteiger partial charge in [-0.3, -0.25) is 16.0 Å². The second-order valence-corrected chi connectivity index (χ2v) is 4.16. The molecule has 0 radical (unpaired) electrons. The lowest BCUT2D eigenvalue weighted by molar-refractivity contribution is -0.385. The highest BCUT2D eigenvalue weighted by molar-refractivity contribution is 7.89. The van der Waals surface area contributed by atoms with Gasteiger partial charge in [-0.1, -0.05) is 0 Å². The highest BCUT2D eigenvalue weighted by atomic mass is 32.2. The normalized spacial score (nSPS) is 11.1. The first-order valence-electron chi connectivity index (χ1n) is 3.64. The Hall–Kier alpha value is -1.71. The summed E-state index contributed by atoms with van der Waals surface area (Å²) < 4.78 is 22.1. The van der Waals surface area contributed by atoms with Gasteiger partial charge in [0.2, 0.25) is 10.0 Å². The van der Waals surface area contributed by atoms with E-state index in [0.29, 0.717) is 0 Å². The van der Waals surface area contributed by atoms with Crippen LogP contribution in [0.15, 0.2) is 23.1 Å². The van der Waals surface area contributed by atoms with Gasteiger partial charge in [-0.25, -0.2) is 13.6 Å². The Morgan fingerprint density at radius 3 is 2.40 bits per heavy atom. The van der Waals surface area contributed by atoms with Gasteiger partial charge >= 0.3 is 0 Å². The number of hydrogen-bond acceptors (Lipinski definition) is 6. The van der Waals surface area contributed by atoms with Crippen LogP contribution in [0.4, 0.5) is 11.4 Å². The minimum atomic E-state index is -4.05. The van der Waals surface area contributed by atoms with Crippen molar-refractivity contribution >= 4 is 21.4 Å². The Labute approximate surface area is 85.0 Å². The number of anilines is 1. The van der Waals surface area contributed by atoms with Crippen LogP contribution in [0, 0.1) is 10.1 Å². The highest BCUT2D eigenvalue weighted by Gasteiger charge is 2.18. The monoisotopic (exact) mass is 232 g/mol. The summed E-state index contributed by atoms with van der Waals surface area (Å²) in [4.78, 5) is 9.25. The van der Waals surface area contributed by atoms with E-state index in [0.717, 1.165) is 18.2 Å². The molecule has 15 heavy (non-hydrogen) atoms. The zero-order valence-corrected chi connectivity index (χ0v) is 8.19. The molecule has 0 unspecified atom stereocenters. The van der Waals surface area contributed by atoms with E-state index in [4.69, 9.17) is 11.0 Å². The third-order valence-corrected chi connectivity index (χ3v) is 2.59. The molecule has 0 atom stereocenters. The van der Waals surface area contributed by atoms with E-state index in [2.05, 4.69) is 5.43 Å². The maximum absolute atomic E-state index is 11.0. The first kappa shape index (κ1) is 11.4. The number of benzene rings is 1. The van der Waals surface area contributed by atoms with E-state index in [9.17, 15) is 18.5 Å². The van der Waals surface area contributed by atoms with Gasteiger partial charge in [-0.2, -0.15) is 0 Å². The van der Waals surface area contributed by atoms with Crippen LogP contribution in [-0.4, -0.2) is 13.3 Å². The summed E-state index contributed by atoms with van der Waals surface area (Å²) in [6.45, 7) is 0. The molecule has 1 aromatic carbocycles. The van der Waals surface area contributed by atoms with E-state index in [-0.39, 0.29) is 11.4 Å². The van der Waals surface area contributed by atoms with E-state index in [1.165, 1.54) is 0 Å². The van der Waals surface area contributed by atoms with Crippen molar-refractivity contribution in [2.24, 2.45) is 11.0 Å². The Morgan fingerprint density at radius 1 is 1.40 bits per heavy atom. The van der Waals surface area contributed by atoms with Crippen molar-refractivity contribution in [3.05, 3.63) is 28.3 Å². The Balaban J connectivity index is 3.46. The van der Waals surface area contributed by atoms with Gasteiger partial charge in [0, 0.05) is 12.1 Å². The fourth-order valence-electron chi connectivity index (χ4n) is 0.979. The Morgan fingerprint density at radius 2 is 2.00 bits per heavy atom. The first-order chi connectivity index (χ1) is 6.86. The summed E-state index contributed by atoms with van der Waals surface area (Å²) in [5.41, 5.74) is 1.71. The van der Waals surface area contributed by atoms with Gasteiger partial charge in [0.05, 0.1) is 10.6 Å². The SMILES string of the molecule is NNc1ccc([N+](=O)[O-])cc1S(N)(=O)=O. The second kappa shape index (κ2) is 3.81. The zero-order chi connectivity index (χ0) is 11.6. The molecule has 0 aliphatic rings. The van der Waals surface area contributed by atoms with E-state index < -0.39 is 19.8 Å². The number of hydrogen-bond donors (Lipinski definition) is 3. The summed E-state index contributed by atoms with van der Waals surface area (Å²) >= 11 is 0. The molecule has 0 aliphatic heterocycles. The Kier molecular flexibility index (Phi) is 2.88. The van der Waals surface area contributed by atoms with Gasteiger partial charge in [-0.15, -0.1) is 0 Å². The average Bonchev–Trinajstić information content (AvgIpc) is 2.15. The van der Waals surface area contributed by atoms with Crippen LogP contribution in [0.25, 0.3) is 0 Å². The molecule has 0 fully saturated rings. The number of rotatable bonds is 3. The lowest BCUT2D eigenvalue weighted by Gasteiger charge is -2.05. The summed E-state index contributed by atoms with van der Waals surface area (Å²) in [6, 6.07) is 3.12. The molecule has 8 nitrogen and oxygen atoms in total. The summed E-state index contributed by atoms with van der Waals surface area (Å²) in [5, 5.41) is 15.3. The molecule has 5 N–H and O–H groups in total. The highest BCUT2D eigenvalue weighted by Crippen LogP contribution is 2.24. The number of nitrogens with zero attached hydrogens (tertiary/aromatic N) is 1. The molecular formula is C6H8N4O4S. The van der Waals surface area contributed by atoms with Crippen molar-refractivity contribution in [3.63, 3.8) is 0 Å². The van der Waals surface area contributed by atoms with Crippen LogP contribution in [-0.2, 0) is 10.0 Å². The number of hydrazine groups is 1. The van der Waals surface area contributed by atoms with Crippen molar-refractivity contribution in [2.75, 3.05) is 5.43 Å². The van der Waals surface area contributed by atoms with Crippen molar-refractivity contribution in [1.82, 2.24) is 0 Å². The molecule has 0 heterocycles. The molecule has 0 aromatic heterocycles. The lowest BCUT2D eigenvalue weighted by atomic mass is 10.3. The first-order valence-corrected chi connectivity index (χ1v) is 5.18. The molecule has 9 heteroatoms. The van der Waals surface area contributed by atoms with Gasteiger partial charge in [0.1, 0.15) is 4.90 Å². The summed E-state index contributed by atoms with van der Waals surface area (Å²) in [6.07, 6.45) is 0. The topological polar surface area (TPSA) is 141 Å². The number of sulfonamides is 1. The minimum Gasteiger partial charge on any atom is -0.323 e. The number of non-ortho nitro benzene ring substituents is 1. The van der Waals surface area contributed by atoms with E-state index >= 15 is 0 Å². The molecule has 0 bridgehead atoms. The number of primary sulfonamides is 1. The van der Waals surface area contributed by atoms with Gasteiger partial charge in [-0.05, 0) is 6.07 Å². The largest absolute Gasteiger partial charge is 0.323 e. The quantitative estimate of drug-likeness (QED) is 0.365. The smallest absolute Gasteiger partial charge is 0.270 e. The van der Waals surface area contributed by atoms with Crippen LogP contribution in [0.3, 0.4) is 0 Å². The van der Waals surface area contributed by atoms with Crippen LogP contribution in [0.2, 0.25) is 0 Å². The van der Waals surface area contributed by atoms with Gasteiger partial charge in [0.25, 0.3) is 5.69 Å². The standard InChI is InChI=1S/C6H8N4O4S/c7-9-5-2-1-4(10(11)12)3-6(5)15(8,13)14/h1-3,9H,7H2,(H2,8,13,14). The van der Waals surface area contributed by atoms with Gasteiger partial charge < -0.3 is 5.43 Å². The fourth-order valence-corrected chi connectivity index (χ4v) is 1.70. The maximum atomic E-state index is 11.0. The fraction of sp³-hybridized carbons (Fsp3) is 0. The van der Waals surface area contributed by atoms with E-state index in [1.807, 2.05) is 0 Å². The molecular weight excluding hydrogens is 224 g/mol. The van der Waals surface area contributed by atoms with Crippen LogP contribution in [0.5, 0.6) is 0 Å². The van der Waals surface area contributed by atoms with E-state index in [1.54, 1.807) is 0 Å². The number of nitro groups is 1. The number of nitro benzene ring substituents is 1. The number of nitrogens with one attached hydrogen (secondary N) is 1. The van der Waals surface area contributed by atoms with Crippen LogP contribution in [0.1, 0.15) is 0 Å². The van der Waals surface area contributed by atoms with Crippen molar-refractivity contribution in [1.29, 1.82) is 0 Å². The predicted molar refractivity (Wildman–Crippen MR) is 52.3 cm³/mol. The molecule has 0 saturated carbocycles. The predicted octanol–water partition coefficient (Wildman–Crippen LogP) is -0.472. The maximum Gasteiger partial charge on any atom is 0.270 e. The molecule has 1 rings (SSSR count). The molecule has 0 spiro atoms. The van der Waals surface area contributed by atoms with Crippen molar-refractivity contribution in [2.45, 2.75) is 4.90 Å². The average molecular weight is 232 g/mol. The lowest BCUT2D eigenvalue weighted by Crippen LogP contribution is -2.17. The molecule has 0 aliphatic carbocycles. The van der Waals surface area contributed by atoms with Crippen LogP contribution < -0.4 is 16.4 Å². The van der Waals surface area contributed by atoms with Crippen molar-refractivity contribution < 1.29 is 13.3 Å². The number of nitrogens with two attached hydrogens (primary N) is 2. The third-order valence-electron chi connectivity index (χ3n) is 1.64. The summed E-state index contributed by atoms with van der Waals surface area (Å²) in [5.74, 6) is 5.03.